The zero-order valence-electron chi connectivity index (χ0n) is 18.7. The Bertz CT molecular complexity index is 414. The standard InChI is InChI=1S/C24H36.2ClH.V/c1-21(2,3)17-11-13-19(15-17)23(7,8)24(9,10)20-14-12-18(16-20)22(4,5)6;;;/h11-16H,1-10H3;2*1H;/q;;;+2/p-2. The normalized spacial score (nSPS) is 22.1. The molecule has 2 saturated carbocycles. The third kappa shape index (κ3) is 6.32. The van der Waals surface area contributed by atoms with Gasteiger partial charge in [0.25, 0.3) is 0 Å². The van der Waals surface area contributed by atoms with E-state index in [1.807, 2.05) is 0 Å². The molecule has 0 amide bonds. The van der Waals surface area contributed by atoms with Crippen molar-refractivity contribution in [1.29, 1.82) is 0 Å². The summed E-state index contributed by atoms with van der Waals surface area (Å²) >= 11 is -0.368. The summed E-state index contributed by atoms with van der Waals surface area (Å²) in [6.07, 6.45) is 14.1. The fourth-order valence-electron chi connectivity index (χ4n) is 3.32. The zero-order chi connectivity index (χ0) is 21.3. The quantitative estimate of drug-likeness (QED) is 0.411. The Labute approximate surface area is 186 Å². The van der Waals surface area contributed by atoms with Crippen LogP contribution < -0.4 is 0 Å². The van der Waals surface area contributed by atoms with Gasteiger partial charge in [0.05, 0.1) is 0 Å². The van der Waals surface area contributed by atoms with E-state index in [0.29, 0.717) is 0 Å². The Kier molecular flexibility index (Phi) is 9.25. The van der Waals surface area contributed by atoms with Crippen LogP contribution in [0.1, 0.15) is 69.2 Å². The van der Waals surface area contributed by atoms with Gasteiger partial charge >= 0.3 is 34.1 Å². The topological polar surface area (TPSA) is 0 Å². The molecule has 2 aliphatic carbocycles. The molecule has 0 spiro atoms. The number of rotatable bonds is 3. The number of halogens is 2. The van der Waals surface area contributed by atoms with E-state index in [-0.39, 0.29) is 36.0 Å². The van der Waals surface area contributed by atoms with Crippen LogP contribution in [0.5, 0.6) is 0 Å². The van der Waals surface area contributed by atoms with Gasteiger partial charge in [0.1, 0.15) is 0 Å². The van der Waals surface area contributed by atoms with Crippen LogP contribution in [0.25, 0.3) is 0 Å². The van der Waals surface area contributed by atoms with Crippen LogP contribution in [0.15, 0.2) is 0 Å². The van der Waals surface area contributed by atoms with Crippen molar-refractivity contribution >= 4 is 19.7 Å². The minimum atomic E-state index is -0.368. The first-order valence-electron chi connectivity index (χ1n) is 9.56. The SMILES string of the molecule is CC(C)(C)[C]1[CH][CH][C](C(C)(C)C(C)(C)[C]2[CH][CH][C](C(C)(C)C)[CH]2)[CH]1.[Cl][V][Cl]. The second kappa shape index (κ2) is 9.53. The molecule has 27 heavy (non-hydrogen) atoms. The van der Waals surface area contributed by atoms with Gasteiger partial charge in [-0.15, -0.1) is 0 Å². The molecule has 0 bridgehead atoms. The van der Waals surface area contributed by atoms with Crippen molar-refractivity contribution in [2.45, 2.75) is 69.2 Å². The Hall–Kier alpha value is 1.16. The van der Waals surface area contributed by atoms with Crippen molar-refractivity contribution in [1.82, 2.24) is 0 Å². The molecule has 0 heterocycles. The molecule has 0 aromatic heterocycles. The van der Waals surface area contributed by atoms with E-state index in [1.54, 1.807) is 0 Å². The van der Waals surface area contributed by atoms with Crippen LogP contribution in [0.2, 0.25) is 0 Å². The van der Waals surface area contributed by atoms with Gasteiger partial charge < -0.3 is 0 Å². The van der Waals surface area contributed by atoms with E-state index in [9.17, 15) is 0 Å². The van der Waals surface area contributed by atoms with Crippen LogP contribution in [0, 0.1) is 83.9 Å². The van der Waals surface area contributed by atoms with Crippen LogP contribution in [-0.2, 0) is 14.4 Å². The Morgan fingerprint density at radius 3 is 0.926 bits per heavy atom. The molecule has 0 N–H and O–H groups in total. The van der Waals surface area contributed by atoms with Gasteiger partial charge in [-0.3, -0.25) is 0 Å². The van der Waals surface area contributed by atoms with Gasteiger partial charge in [0.15, 0.2) is 0 Å². The van der Waals surface area contributed by atoms with E-state index in [1.165, 1.54) is 23.7 Å². The van der Waals surface area contributed by atoms with Crippen molar-refractivity contribution in [3.05, 3.63) is 62.2 Å². The Morgan fingerprint density at radius 1 is 0.519 bits per heavy atom. The first kappa shape index (κ1) is 26.2. The molecule has 0 aromatic carbocycles. The minimum absolute atomic E-state index is 0.0695. The summed E-state index contributed by atoms with van der Waals surface area (Å²) in [5.74, 6) is 5.74. The summed E-state index contributed by atoms with van der Waals surface area (Å²) < 4.78 is 0. The molecule has 0 unspecified atom stereocenters. The molecule has 0 saturated heterocycles. The van der Waals surface area contributed by atoms with Gasteiger partial charge in [-0.2, -0.15) is 0 Å². The van der Waals surface area contributed by atoms with Crippen molar-refractivity contribution < 1.29 is 14.4 Å². The van der Waals surface area contributed by atoms with Gasteiger partial charge in [-0.05, 0) is 83.9 Å². The molecular formula is C24H36Cl2V. The summed E-state index contributed by atoms with van der Waals surface area (Å²) in [7, 11) is 9.72. The molecule has 0 aliphatic heterocycles. The van der Waals surface area contributed by atoms with Crippen molar-refractivity contribution in [3.8, 4) is 0 Å². The monoisotopic (exact) mass is 445 g/mol. The summed E-state index contributed by atoms with van der Waals surface area (Å²) in [5.41, 5.74) is 0.552. The molecule has 2 fully saturated rings. The van der Waals surface area contributed by atoms with Gasteiger partial charge in [-0.25, -0.2) is 0 Å². The Balaban J connectivity index is 0.00000114. The second-order valence-electron chi connectivity index (χ2n) is 10.6. The molecule has 0 atom stereocenters. The average molecular weight is 446 g/mol. The van der Waals surface area contributed by atoms with Gasteiger partial charge in [0.2, 0.25) is 0 Å². The van der Waals surface area contributed by atoms with E-state index in [0.717, 1.165) is 0 Å². The summed E-state index contributed by atoms with van der Waals surface area (Å²) in [6, 6.07) is 0. The van der Waals surface area contributed by atoms with Crippen LogP contribution in [-0.4, -0.2) is 0 Å². The number of hydrogen-bond acceptors (Lipinski definition) is 0. The average Bonchev–Trinajstić information content (AvgIpc) is 3.17. The second-order valence-corrected chi connectivity index (χ2v) is 12.9. The van der Waals surface area contributed by atoms with Crippen molar-refractivity contribution in [3.63, 3.8) is 0 Å². The third-order valence-electron chi connectivity index (χ3n) is 6.24. The van der Waals surface area contributed by atoms with Crippen molar-refractivity contribution in [2.75, 3.05) is 0 Å². The van der Waals surface area contributed by atoms with E-state index >= 15 is 0 Å². The number of hydrogen-bond donors (Lipinski definition) is 0. The predicted octanol–water partition coefficient (Wildman–Crippen LogP) is 8.06. The van der Waals surface area contributed by atoms with Crippen molar-refractivity contribution in [2.24, 2.45) is 21.7 Å². The molecule has 2 rings (SSSR count). The van der Waals surface area contributed by atoms with Gasteiger partial charge in [-0.1, -0.05) is 69.2 Å². The summed E-state index contributed by atoms with van der Waals surface area (Å²) in [5, 5.41) is 0. The Morgan fingerprint density at radius 2 is 0.741 bits per heavy atom. The molecule has 151 valence electrons. The molecular weight excluding hydrogens is 410 g/mol. The molecule has 0 aromatic rings. The maximum atomic E-state index is 4.86. The zero-order valence-corrected chi connectivity index (χ0v) is 21.6. The van der Waals surface area contributed by atoms with E-state index in [2.05, 4.69) is 108 Å². The molecule has 0 nitrogen and oxygen atoms in total. The third-order valence-corrected chi connectivity index (χ3v) is 6.24. The molecule has 10 radical (unpaired) electrons. The summed E-state index contributed by atoms with van der Waals surface area (Å²) in [6.45, 7) is 23.3. The molecule has 3 heteroatoms. The summed E-state index contributed by atoms with van der Waals surface area (Å²) in [4.78, 5) is 0. The van der Waals surface area contributed by atoms with Gasteiger partial charge in [0, 0.05) is 0 Å². The fourth-order valence-corrected chi connectivity index (χ4v) is 3.32. The first-order chi connectivity index (χ1) is 12.1. The van der Waals surface area contributed by atoms with E-state index < -0.39 is 0 Å². The first-order valence-corrected chi connectivity index (χ1v) is 13.4. The maximum absolute atomic E-state index is 4.86. The van der Waals surface area contributed by atoms with Crippen LogP contribution in [0.3, 0.4) is 0 Å². The van der Waals surface area contributed by atoms with Crippen LogP contribution in [0.4, 0.5) is 0 Å². The van der Waals surface area contributed by atoms with E-state index in [4.69, 9.17) is 19.7 Å². The van der Waals surface area contributed by atoms with Crippen LogP contribution >= 0.6 is 19.7 Å². The fraction of sp³-hybridized carbons (Fsp3) is 0.583. The molecule has 2 aliphatic rings. The predicted molar refractivity (Wildman–Crippen MR) is 117 cm³/mol.